The van der Waals surface area contributed by atoms with E-state index in [0.717, 1.165) is 43.1 Å². The Balaban J connectivity index is 1.17. The number of rotatable bonds is 4. The molecular weight excluding hydrogens is 417 g/mol. The minimum atomic E-state index is -1.07. The van der Waals surface area contributed by atoms with E-state index in [9.17, 15) is 14.3 Å². The topological polar surface area (TPSA) is 68.0 Å². The van der Waals surface area contributed by atoms with Crippen LogP contribution < -0.4 is 0 Å². The molecule has 0 saturated heterocycles. The third-order valence-electron chi connectivity index (χ3n) is 10.4. The zero-order chi connectivity index (χ0) is 22.8. The van der Waals surface area contributed by atoms with E-state index in [-0.39, 0.29) is 11.3 Å². The molecule has 0 radical (unpaired) electrons. The second-order valence-electron chi connectivity index (χ2n) is 11.9. The number of fused-ring (bicyclic) bond motifs is 6. The summed E-state index contributed by atoms with van der Waals surface area (Å²) in [7, 11) is 0. The van der Waals surface area contributed by atoms with Gasteiger partial charge in [0.2, 0.25) is 0 Å². The molecule has 4 aliphatic carbocycles. The van der Waals surface area contributed by atoms with Gasteiger partial charge in [-0.1, -0.05) is 6.92 Å². The fraction of sp³-hybridized carbons (Fsp3) is 0.741. The van der Waals surface area contributed by atoms with Crippen LogP contribution in [-0.4, -0.2) is 37.9 Å². The van der Waals surface area contributed by atoms with Gasteiger partial charge in [-0.15, -0.1) is 0 Å². The van der Waals surface area contributed by atoms with Crippen molar-refractivity contribution in [3.63, 3.8) is 0 Å². The largest absolute Gasteiger partial charge is 0.387 e. The second-order valence-corrected chi connectivity index (χ2v) is 11.9. The van der Waals surface area contributed by atoms with Crippen molar-refractivity contribution < 1.29 is 14.3 Å². The Morgan fingerprint density at radius 1 is 1.12 bits per heavy atom. The Bertz CT molecular complexity index is 1020. The highest BCUT2D eigenvalue weighted by atomic mass is 19.1. The highest BCUT2D eigenvalue weighted by Crippen LogP contribution is 2.64. The van der Waals surface area contributed by atoms with Crippen molar-refractivity contribution in [2.75, 3.05) is 6.67 Å². The van der Waals surface area contributed by atoms with Crippen LogP contribution in [-0.2, 0) is 11.3 Å². The van der Waals surface area contributed by atoms with Gasteiger partial charge in [-0.2, -0.15) is 5.10 Å². The average Bonchev–Trinajstić information content (AvgIpc) is 3.38. The van der Waals surface area contributed by atoms with Gasteiger partial charge in [0.25, 0.3) is 0 Å². The van der Waals surface area contributed by atoms with E-state index < -0.39 is 12.3 Å². The molecule has 2 heterocycles. The highest BCUT2D eigenvalue weighted by Gasteiger charge is 2.59. The summed E-state index contributed by atoms with van der Waals surface area (Å²) in [5.74, 6) is 3.56. The van der Waals surface area contributed by atoms with E-state index in [1.807, 2.05) is 18.3 Å². The summed E-state index contributed by atoms with van der Waals surface area (Å²) in [5.41, 5.74) is 0.689. The molecule has 0 aliphatic heterocycles. The molecule has 0 amide bonds. The number of ketones is 1. The van der Waals surface area contributed by atoms with Gasteiger partial charge in [-0.05, 0) is 105 Å². The molecule has 6 heteroatoms. The number of aliphatic hydroxyl groups is 1. The molecule has 2 aromatic rings. The predicted molar refractivity (Wildman–Crippen MR) is 124 cm³/mol. The maximum atomic E-state index is 13.5. The first-order valence-electron chi connectivity index (χ1n) is 13.0. The summed E-state index contributed by atoms with van der Waals surface area (Å²) >= 11 is 0. The molecule has 6 rings (SSSR count). The zero-order valence-corrected chi connectivity index (χ0v) is 19.6. The molecule has 33 heavy (non-hydrogen) atoms. The summed E-state index contributed by atoms with van der Waals surface area (Å²) in [6, 6.07) is 3.81. The number of halogens is 1. The minimum absolute atomic E-state index is 0.0876. The number of carbonyl (C=O) groups is 1. The first-order valence-corrected chi connectivity index (χ1v) is 13.0. The van der Waals surface area contributed by atoms with Crippen molar-refractivity contribution in [1.82, 2.24) is 14.8 Å². The Morgan fingerprint density at radius 3 is 2.79 bits per heavy atom. The predicted octanol–water partition coefficient (Wildman–Crippen LogP) is 4.97. The normalized spacial score (nSPS) is 42.5. The third kappa shape index (κ3) is 3.46. The first kappa shape index (κ1) is 21.7. The fourth-order valence-electron chi connectivity index (χ4n) is 8.87. The summed E-state index contributed by atoms with van der Waals surface area (Å²) in [6.07, 6.45) is 12.6. The number of alkyl halides is 1. The SMILES string of the molecule is C[C@]12CC[C@H]3[C@@H](CC[C@@H]4C[C@@](O)(CF)CC[C@@H]43)[C@@H]1CC[C@@H]2C(=O)Cn1cc2ncccc2n1. The number of pyridine rings is 1. The Labute approximate surface area is 195 Å². The summed E-state index contributed by atoms with van der Waals surface area (Å²) < 4.78 is 15.2. The number of carbonyl (C=O) groups excluding carboxylic acids is 1. The van der Waals surface area contributed by atoms with Crippen molar-refractivity contribution in [3.05, 3.63) is 24.5 Å². The molecule has 4 fully saturated rings. The van der Waals surface area contributed by atoms with Crippen LogP contribution in [0, 0.1) is 40.9 Å². The smallest absolute Gasteiger partial charge is 0.157 e. The van der Waals surface area contributed by atoms with Crippen LogP contribution in [0.1, 0.15) is 64.7 Å². The number of aromatic nitrogens is 3. The average molecular weight is 454 g/mol. The summed E-state index contributed by atoms with van der Waals surface area (Å²) in [6.45, 7) is 2.13. The molecule has 2 aromatic heterocycles. The molecule has 8 atom stereocenters. The zero-order valence-electron chi connectivity index (χ0n) is 19.6. The van der Waals surface area contributed by atoms with Crippen molar-refractivity contribution in [2.24, 2.45) is 40.9 Å². The van der Waals surface area contributed by atoms with Crippen molar-refractivity contribution in [1.29, 1.82) is 0 Å². The Hall–Kier alpha value is -1.82. The molecule has 5 nitrogen and oxygen atoms in total. The van der Waals surface area contributed by atoms with Gasteiger partial charge in [0, 0.05) is 12.1 Å². The number of hydrogen-bond donors (Lipinski definition) is 1. The van der Waals surface area contributed by atoms with Crippen LogP contribution in [0.15, 0.2) is 24.5 Å². The van der Waals surface area contributed by atoms with E-state index in [1.165, 1.54) is 12.8 Å². The molecule has 0 spiro atoms. The lowest BCUT2D eigenvalue weighted by molar-refractivity contribution is -0.134. The van der Waals surface area contributed by atoms with Gasteiger partial charge in [0.05, 0.1) is 18.3 Å². The van der Waals surface area contributed by atoms with Gasteiger partial charge >= 0.3 is 0 Å². The van der Waals surface area contributed by atoms with Crippen molar-refractivity contribution in [3.8, 4) is 0 Å². The lowest BCUT2D eigenvalue weighted by atomic mass is 9.49. The molecule has 0 aromatic carbocycles. The van der Waals surface area contributed by atoms with Crippen molar-refractivity contribution >= 4 is 16.8 Å². The molecule has 4 aliphatic rings. The minimum Gasteiger partial charge on any atom is -0.387 e. The van der Waals surface area contributed by atoms with E-state index in [4.69, 9.17) is 0 Å². The summed E-state index contributed by atoms with van der Waals surface area (Å²) in [5, 5.41) is 15.1. The lowest BCUT2D eigenvalue weighted by Gasteiger charge is -2.56. The van der Waals surface area contributed by atoms with E-state index >= 15 is 0 Å². The van der Waals surface area contributed by atoms with Crippen molar-refractivity contribution in [2.45, 2.75) is 76.9 Å². The summed E-state index contributed by atoms with van der Waals surface area (Å²) in [4.78, 5) is 17.8. The Kier molecular flexibility index (Phi) is 5.17. The van der Waals surface area contributed by atoms with E-state index in [1.54, 1.807) is 10.9 Å². The molecule has 4 saturated carbocycles. The van der Waals surface area contributed by atoms with Crippen LogP contribution in [0.2, 0.25) is 0 Å². The number of Topliss-reactive ketones (excluding diaryl/α,β-unsaturated/α-hetero) is 1. The van der Waals surface area contributed by atoms with Crippen LogP contribution in [0.5, 0.6) is 0 Å². The highest BCUT2D eigenvalue weighted by molar-refractivity contribution is 5.82. The molecular formula is C27H36FN3O2. The maximum absolute atomic E-state index is 13.5. The first-order chi connectivity index (χ1) is 15.9. The van der Waals surface area contributed by atoms with Gasteiger partial charge in [0.15, 0.2) is 5.78 Å². The lowest BCUT2D eigenvalue weighted by Crippen LogP contribution is -2.52. The number of hydrogen-bond acceptors (Lipinski definition) is 4. The van der Waals surface area contributed by atoms with Crippen LogP contribution in [0.4, 0.5) is 4.39 Å². The standard InChI is InChI=1S/C27H36FN3O2/c1-26-10-8-19-18-9-11-27(33,16-28)13-17(18)4-5-20(19)21(26)6-7-22(26)25(32)15-31-14-24-23(30-31)3-2-12-29-24/h2-3,12,14,17-22,33H,4-11,13,15-16H2,1H3/t17-,18+,19-,20-,21+,22-,26+,27-/m1/s1. The molecule has 1 N–H and O–H groups in total. The molecule has 178 valence electrons. The van der Waals surface area contributed by atoms with Gasteiger partial charge in [0.1, 0.15) is 17.7 Å². The monoisotopic (exact) mass is 453 g/mol. The van der Waals surface area contributed by atoms with Gasteiger partial charge in [-0.25, -0.2) is 4.39 Å². The van der Waals surface area contributed by atoms with Crippen LogP contribution in [0.25, 0.3) is 11.0 Å². The van der Waals surface area contributed by atoms with Crippen LogP contribution in [0.3, 0.4) is 0 Å². The number of nitrogens with zero attached hydrogens (tertiary/aromatic N) is 3. The van der Waals surface area contributed by atoms with Gasteiger partial charge in [-0.3, -0.25) is 14.5 Å². The second kappa shape index (κ2) is 7.86. The third-order valence-corrected chi connectivity index (χ3v) is 10.4. The van der Waals surface area contributed by atoms with Gasteiger partial charge < -0.3 is 5.11 Å². The van der Waals surface area contributed by atoms with E-state index in [0.29, 0.717) is 54.8 Å². The fourth-order valence-corrected chi connectivity index (χ4v) is 8.87. The molecule has 0 bridgehead atoms. The van der Waals surface area contributed by atoms with E-state index in [2.05, 4.69) is 17.0 Å². The molecule has 0 unspecified atom stereocenters. The quantitative estimate of drug-likeness (QED) is 0.710. The van der Waals surface area contributed by atoms with Crippen LogP contribution >= 0.6 is 0 Å². The Morgan fingerprint density at radius 2 is 1.97 bits per heavy atom. The maximum Gasteiger partial charge on any atom is 0.157 e.